The summed E-state index contributed by atoms with van der Waals surface area (Å²) < 4.78 is 7.27. The fourth-order valence-electron chi connectivity index (χ4n) is 2.37. The molecule has 0 bridgehead atoms. The average molecular weight is 363 g/mol. The third kappa shape index (κ3) is 3.47. The molecule has 7 heteroatoms. The van der Waals surface area contributed by atoms with Gasteiger partial charge in [-0.2, -0.15) is 5.10 Å². The normalized spacial score (nSPS) is 10.8. The van der Waals surface area contributed by atoms with Crippen molar-refractivity contribution >= 4 is 29.0 Å². The molecule has 0 unspecified atom stereocenters. The highest BCUT2D eigenvalue weighted by Crippen LogP contribution is 2.31. The minimum Gasteiger partial charge on any atom is -0.478 e. The van der Waals surface area contributed by atoms with E-state index in [0.29, 0.717) is 34.9 Å². The quantitative estimate of drug-likeness (QED) is 0.735. The SMILES string of the molecule is CCOc1ncc(Cn2ncc(Cl)c2N)cc1-c1cccc(Cl)c1. The van der Waals surface area contributed by atoms with Gasteiger partial charge in [-0.05, 0) is 36.2 Å². The molecule has 2 aromatic heterocycles. The van der Waals surface area contributed by atoms with E-state index < -0.39 is 0 Å². The smallest absolute Gasteiger partial charge is 0.221 e. The summed E-state index contributed by atoms with van der Waals surface area (Å²) in [4.78, 5) is 4.43. The number of ether oxygens (including phenoxy) is 1. The van der Waals surface area contributed by atoms with E-state index in [0.717, 1.165) is 16.7 Å². The Morgan fingerprint density at radius 1 is 1.21 bits per heavy atom. The molecular weight excluding hydrogens is 347 g/mol. The van der Waals surface area contributed by atoms with Gasteiger partial charge in [0.05, 0.1) is 19.3 Å². The Labute approximate surface area is 150 Å². The van der Waals surface area contributed by atoms with Crippen LogP contribution in [0, 0.1) is 0 Å². The molecule has 0 saturated heterocycles. The molecule has 0 amide bonds. The molecule has 0 fully saturated rings. The molecule has 0 atom stereocenters. The maximum absolute atomic E-state index is 6.11. The number of hydrogen-bond acceptors (Lipinski definition) is 4. The predicted molar refractivity (Wildman–Crippen MR) is 96.6 cm³/mol. The minimum absolute atomic E-state index is 0.426. The van der Waals surface area contributed by atoms with Crippen LogP contribution in [0.15, 0.2) is 42.7 Å². The van der Waals surface area contributed by atoms with E-state index in [2.05, 4.69) is 10.1 Å². The molecule has 0 aliphatic carbocycles. The number of benzene rings is 1. The Hall–Kier alpha value is -2.24. The van der Waals surface area contributed by atoms with Crippen molar-refractivity contribution < 1.29 is 4.74 Å². The lowest BCUT2D eigenvalue weighted by Crippen LogP contribution is -2.07. The van der Waals surface area contributed by atoms with Gasteiger partial charge in [-0.3, -0.25) is 0 Å². The topological polar surface area (TPSA) is 66.0 Å². The second-order valence-electron chi connectivity index (χ2n) is 5.18. The number of rotatable bonds is 5. The third-order valence-corrected chi connectivity index (χ3v) is 4.02. The van der Waals surface area contributed by atoms with Gasteiger partial charge >= 0.3 is 0 Å². The highest BCUT2D eigenvalue weighted by molar-refractivity contribution is 6.32. The van der Waals surface area contributed by atoms with Crippen molar-refractivity contribution in [2.45, 2.75) is 13.5 Å². The van der Waals surface area contributed by atoms with Gasteiger partial charge in [0.1, 0.15) is 10.8 Å². The fraction of sp³-hybridized carbons (Fsp3) is 0.176. The lowest BCUT2D eigenvalue weighted by atomic mass is 10.1. The first-order chi connectivity index (χ1) is 11.6. The van der Waals surface area contributed by atoms with Crippen LogP contribution >= 0.6 is 23.2 Å². The van der Waals surface area contributed by atoms with E-state index in [-0.39, 0.29) is 0 Å². The Balaban J connectivity index is 2.01. The maximum atomic E-state index is 6.11. The third-order valence-electron chi connectivity index (χ3n) is 3.49. The van der Waals surface area contributed by atoms with Crippen LogP contribution in [-0.4, -0.2) is 21.4 Å². The molecule has 124 valence electrons. The van der Waals surface area contributed by atoms with Crippen LogP contribution in [0.3, 0.4) is 0 Å². The zero-order valence-corrected chi connectivity index (χ0v) is 14.6. The van der Waals surface area contributed by atoms with E-state index in [9.17, 15) is 0 Å². The number of nitrogen functional groups attached to an aromatic ring is 1. The van der Waals surface area contributed by atoms with E-state index in [1.54, 1.807) is 10.9 Å². The molecule has 3 rings (SSSR count). The Bertz CT molecular complexity index is 864. The first-order valence-electron chi connectivity index (χ1n) is 7.43. The number of anilines is 1. The van der Waals surface area contributed by atoms with Crippen molar-refractivity contribution in [3.8, 4) is 17.0 Å². The highest BCUT2D eigenvalue weighted by Gasteiger charge is 2.12. The monoisotopic (exact) mass is 362 g/mol. The summed E-state index contributed by atoms with van der Waals surface area (Å²) in [6, 6.07) is 9.57. The summed E-state index contributed by atoms with van der Waals surface area (Å²) in [5.41, 5.74) is 8.64. The molecule has 0 saturated carbocycles. The summed E-state index contributed by atoms with van der Waals surface area (Å²) in [6.07, 6.45) is 3.27. The van der Waals surface area contributed by atoms with Crippen LogP contribution in [0.1, 0.15) is 12.5 Å². The van der Waals surface area contributed by atoms with Crippen molar-refractivity contribution in [3.05, 3.63) is 58.3 Å². The molecule has 0 spiro atoms. The molecule has 0 aliphatic heterocycles. The van der Waals surface area contributed by atoms with Gasteiger partial charge in [-0.25, -0.2) is 9.67 Å². The van der Waals surface area contributed by atoms with Crippen molar-refractivity contribution in [3.63, 3.8) is 0 Å². The molecule has 3 aromatic rings. The van der Waals surface area contributed by atoms with Crippen molar-refractivity contribution in [2.75, 3.05) is 12.3 Å². The number of hydrogen-bond donors (Lipinski definition) is 1. The zero-order valence-electron chi connectivity index (χ0n) is 13.0. The molecule has 24 heavy (non-hydrogen) atoms. The summed E-state index contributed by atoms with van der Waals surface area (Å²) in [7, 11) is 0. The Kier molecular flexibility index (Phi) is 4.92. The summed E-state index contributed by atoms with van der Waals surface area (Å²) >= 11 is 12.1. The molecule has 0 radical (unpaired) electrons. The van der Waals surface area contributed by atoms with E-state index in [1.165, 1.54) is 6.20 Å². The molecule has 0 aliphatic rings. The van der Waals surface area contributed by atoms with Crippen molar-refractivity contribution in [2.24, 2.45) is 0 Å². The van der Waals surface area contributed by atoms with Gasteiger partial charge in [0.2, 0.25) is 5.88 Å². The standard InChI is InChI=1S/C17H16Cl2N4O/c1-2-24-17-14(12-4-3-5-13(18)7-12)6-11(8-21-17)10-23-16(20)15(19)9-22-23/h3-9H,2,10,20H2,1H3. The average Bonchev–Trinajstić information content (AvgIpc) is 2.88. The molecule has 5 nitrogen and oxygen atoms in total. The second kappa shape index (κ2) is 7.11. The molecular formula is C17H16Cl2N4O. The van der Waals surface area contributed by atoms with Crippen molar-refractivity contribution in [1.29, 1.82) is 0 Å². The van der Waals surface area contributed by atoms with Crippen LogP contribution in [0.4, 0.5) is 5.82 Å². The molecule has 1 aromatic carbocycles. The van der Waals surface area contributed by atoms with Crippen LogP contribution in [0.2, 0.25) is 10.0 Å². The summed E-state index contributed by atoms with van der Waals surface area (Å²) in [5.74, 6) is 0.991. The van der Waals surface area contributed by atoms with E-state index >= 15 is 0 Å². The van der Waals surface area contributed by atoms with Crippen LogP contribution in [0.5, 0.6) is 5.88 Å². The molecule has 2 N–H and O–H groups in total. The van der Waals surface area contributed by atoms with Crippen LogP contribution < -0.4 is 10.5 Å². The Morgan fingerprint density at radius 2 is 2.04 bits per heavy atom. The van der Waals surface area contributed by atoms with Gasteiger partial charge in [0.15, 0.2) is 0 Å². The maximum Gasteiger partial charge on any atom is 0.221 e. The van der Waals surface area contributed by atoms with E-state index in [4.69, 9.17) is 33.7 Å². The van der Waals surface area contributed by atoms with Crippen LogP contribution in [0.25, 0.3) is 11.1 Å². The first kappa shape index (κ1) is 16.6. The molecule has 2 heterocycles. The second-order valence-corrected chi connectivity index (χ2v) is 6.02. The number of nitrogens with zero attached hydrogens (tertiary/aromatic N) is 3. The van der Waals surface area contributed by atoms with Gasteiger partial charge in [0.25, 0.3) is 0 Å². The van der Waals surface area contributed by atoms with Crippen LogP contribution in [-0.2, 0) is 6.54 Å². The minimum atomic E-state index is 0.426. The van der Waals surface area contributed by atoms with Crippen molar-refractivity contribution in [1.82, 2.24) is 14.8 Å². The highest BCUT2D eigenvalue weighted by atomic mass is 35.5. The lowest BCUT2D eigenvalue weighted by Gasteiger charge is -2.12. The summed E-state index contributed by atoms with van der Waals surface area (Å²) in [5, 5.41) is 5.26. The fourth-order valence-corrected chi connectivity index (χ4v) is 2.70. The number of aromatic nitrogens is 3. The Morgan fingerprint density at radius 3 is 2.71 bits per heavy atom. The first-order valence-corrected chi connectivity index (χ1v) is 8.18. The van der Waals surface area contributed by atoms with Gasteiger partial charge in [-0.15, -0.1) is 0 Å². The largest absolute Gasteiger partial charge is 0.478 e. The zero-order chi connectivity index (χ0) is 17.1. The predicted octanol–water partition coefficient (Wildman–Crippen LogP) is 4.28. The summed E-state index contributed by atoms with van der Waals surface area (Å²) in [6.45, 7) is 2.91. The number of pyridine rings is 1. The number of halogens is 2. The van der Waals surface area contributed by atoms with Gasteiger partial charge in [-0.1, -0.05) is 35.3 Å². The van der Waals surface area contributed by atoms with Gasteiger partial charge in [0, 0.05) is 16.8 Å². The van der Waals surface area contributed by atoms with Gasteiger partial charge < -0.3 is 10.5 Å². The lowest BCUT2D eigenvalue weighted by molar-refractivity contribution is 0.328. The number of nitrogens with two attached hydrogens (primary N) is 1. The van der Waals surface area contributed by atoms with E-state index in [1.807, 2.05) is 37.3 Å².